The maximum absolute atomic E-state index is 13.9. The van der Waals surface area contributed by atoms with Crippen LogP contribution in [0.5, 0.6) is 5.75 Å². The molecule has 0 aromatic heterocycles. The third-order valence-corrected chi connectivity index (χ3v) is 5.10. The number of hydrogen-bond donors (Lipinski definition) is 2. The van der Waals surface area contributed by atoms with Gasteiger partial charge in [0.25, 0.3) is 0 Å². The molecule has 3 atom stereocenters. The highest BCUT2D eigenvalue weighted by molar-refractivity contribution is 5.68. The van der Waals surface area contributed by atoms with Crippen LogP contribution in [0.3, 0.4) is 0 Å². The predicted octanol–water partition coefficient (Wildman–Crippen LogP) is 3.62. The van der Waals surface area contributed by atoms with E-state index in [2.05, 4.69) is 6.92 Å². The van der Waals surface area contributed by atoms with Crippen molar-refractivity contribution < 1.29 is 19.0 Å². The van der Waals surface area contributed by atoms with E-state index in [1.54, 1.807) is 0 Å². The molecule has 2 aliphatic carbocycles. The second-order valence-corrected chi connectivity index (χ2v) is 6.16. The number of hydrogen-bond acceptors (Lipinski definition) is 2. The number of aromatic hydroxyl groups is 1. The van der Waals surface area contributed by atoms with E-state index in [1.165, 1.54) is 12.1 Å². The maximum atomic E-state index is 13.9. The molecular formula is C16H18F2O2. The molecule has 4 heteroatoms. The Bertz CT molecular complexity index is 582. The van der Waals surface area contributed by atoms with Crippen molar-refractivity contribution in [1.29, 1.82) is 0 Å². The number of aliphatic hydroxyl groups is 1. The average Bonchev–Trinajstić information content (AvgIpc) is 2.72. The molecule has 0 saturated heterocycles. The summed E-state index contributed by atoms with van der Waals surface area (Å²) in [6.07, 6.45) is 4.69. The zero-order valence-corrected chi connectivity index (χ0v) is 11.4. The summed E-state index contributed by atoms with van der Waals surface area (Å²) in [5.41, 5.74) is 0.858. The molecular weight excluding hydrogens is 262 g/mol. The molecule has 0 spiro atoms. The van der Waals surface area contributed by atoms with Gasteiger partial charge >= 0.3 is 0 Å². The first-order valence-electron chi connectivity index (χ1n) is 6.99. The second-order valence-electron chi connectivity index (χ2n) is 6.16. The fourth-order valence-corrected chi connectivity index (χ4v) is 3.61. The van der Waals surface area contributed by atoms with Crippen LogP contribution in [0.1, 0.15) is 38.2 Å². The van der Waals surface area contributed by atoms with Crippen LogP contribution in [0, 0.1) is 23.0 Å². The first-order chi connectivity index (χ1) is 9.43. The van der Waals surface area contributed by atoms with Gasteiger partial charge in [-0.25, -0.2) is 4.39 Å². The van der Waals surface area contributed by atoms with Crippen LogP contribution >= 0.6 is 0 Å². The summed E-state index contributed by atoms with van der Waals surface area (Å²) < 4.78 is 27.4. The number of fused-ring (bicyclic) bond motifs is 1. The fraction of sp³-hybridized carbons (Fsp3) is 0.500. The largest absolute Gasteiger partial charge is 0.505 e. The molecule has 20 heavy (non-hydrogen) atoms. The Labute approximate surface area is 116 Å². The Balaban J connectivity index is 1.99. The molecule has 0 amide bonds. The number of aliphatic hydroxyl groups excluding tert-OH is 1. The van der Waals surface area contributed by atoms with Crippen LogP contribution in [-0.2, 0) is 0 Å². The number of benzene rings is 1. The van der Waals surface area contributed by atoms with Gasteiger partial charge in [0.15, 0.2) is 11.6 Å². The molecule has 0 bridgehead atoms. The predicted molar refractivity (Wildman–Crippen MR) is 72.1 cm³/mol. The zero-order valence-electron chi connectivity index (χ0n) is 11.4. The van der Waals surface area contributed by atoms with Crippen molar-refractivity contribution in [2.45, 2.75) is 38.7 Å². The molecule has 2 nitrogen and oxygen atoms in total. The molecule has 0 heterocycles. The van der Waals surface area contributed by atoms with Crippen LogP contribution < -0.4 is 0 Å². The van der Waals surface area contributed by atoms with Gasteiger partial charge in [-0.1, -0.05) is 13.0 Å². The lowest BCUT2D eigenvalue weighted by molar-refractivity contribution is 0.0419. The normalized spacial score (nSPS) is 32.9. The Hall–Kier alpha value is -1.42. The summed E-state index contributed by atoms with van der Waals surface area (Å²) in [6, 6.07) is 2.61. The standard InChI is InChI=1S/C16H18F2O2/c1-16-7-6-9(8-10(16)2-5-13(16)20)11-3-4-12(19)15(18)14(11)17/h3-4,8,10,13,19-20H,2,5-7H2,1H3/t10-,13+,16+/m1/s1. The monoisotopic (exact) mass is 280 g/mol. The van der Waals surface area contributed by atoms with Gasteiger partial charge in [0.2, 0.25) is 5.82 Å². The summed E-state index contributed by atoms with van der Waals surface area (Å²) in [7, 11) is 0. The Morgan fingerprint density at radius 2 is 1.95 bits per heavy atom. The zero-order chi connectivity index (χ0) is 14.5. The Morgan fingerprint density at radius 3 is 2.70 bits per heavy atom. The van der Waals surface area contributed by atoms with E-state index in [9.17, 15) is 19.0 Å². The van der Waals surface area contributed by atoms with E-state index in [0.717, 1.165) is 24.8 Å². The van der Waals surface area contributed by atoms with E-state index in [-0.39, 0.29) is 23.0 Å². The minimum Gasteiger partial charge on any atom is -0.505 e. The maximum Gasteiger partial charge on any atom is 0.200 e. The van der Waals surface area contributed by atoms with Gasteiger partial charge in [0.05, 0.1) is 6.10 Å². The minimum atomic E-state index is -1.19. The molecule has 0 radical (unpaired) electrons. The van der Waals surface area contributed by atoms with Gasteiger partial charge in [-0.3, -0.25) is 0 Å². The number of allylic oxidation sites excluding steroid dienone is 2. The van der Waals surface area contributed by atoms with Crippen molar-refractivity contribution in [2.24, 2.45) is 11.3 Å². The summed E-state index contributed by atoms with van der Waals surface area (Å²) in [5.74, 6) is -2.64. The first kappa shape index (κ1) is 13.6. The second kappa shape index (κ2) is 4.55. The van der Waals surface area contributed by atoms with Crippen molar-refractivity contribution >= 4 is 5.57 Å². The highest BCUT2D eigenvalue weighted by Crippen LogP contribution is 2.52. The molecule has 3 rings (SSSR count). The number of phenolic OH excluding ortho intramolecular Hbond substituents is 1. The van der Waals surface area contributed by atoms with Crippen molar-refractivity contribution in [1.82, 2.24) is 0 Å². The van der Waals surface area contributed by atoms with Crippen LogP contribution in [0.2, 0.25) is 0 Å². The summed E-state index contributed by atoms with van der Waals surface area (Å²) in [5, 5.41) is 19.3. The lowest BCUT2D eigenvalue weighted by atomic mass is 9.69. The molecule has 0 unspecified atom stereocenters. The van der Waals surface area contributed by atoms with Gasteiger partial charge in [-0.05, 0) is 49.3 Å². The fourth-order valence-electron chi connectivity index (χ4n) is 3.61. The van der Waals surface area contributed by atoms with Gasteiger partial charge < -0.3 is 10.2 Å². The molecule has 1 aromatic carbocycles. The molecule has 2 aliphatic rings. The third-order valence-electron chi connectivity index (χ3n) is 5.10. The molecule has 1 aromatic rings. The average molecular weight is 280 g/mol. The smallest absolute Gasteiger partial charge is 0.200 e. The minimum absolute atomic E-state index is 0.143. The number of rotatable bonds is 1. The highest BCUT2D eigenvalue weighted by Gasteiger charge is 2.46. The molecule has 1 fully saturated rings. The van der Waals surface area contributed by atoms with Gasteiger partial charge in [0, 0.05) is 11.0 Å². The van der Waals surface area contributed by atoms with Crippen LogP contribution in [-0.4, -0.2) is 16.3 Å². The quantitative estimate of drug-likeness (QED) is 0.824. The lowest BCUT2D eigenvalue weighted by Crippen LogP contribution is -2.33. The van der Waals surface area contributed by atoms with Crippen LogP contribution in [0.25, 0.3) is 5.57 Å². The van der Waals surface area contributed by atoms with Crippen molar-refractivity contribution in [3.05, 3.63) is 35.4 Å². The van der Waals surface area contributed by atoms with E-state index < -0.39 is 17.4 Å². The van der Waals surface area contributed by atoms with Crippen molar-refractivity contribution in [3.63, 3.8) is 0 Å². The van der Waals surface area contributed by atoms with Crippen molar-refractivity contribution in [3.8, 4) is 5.75 Å². The van der Waals surface area contributed by atoms with Crippen molar-refractivity contribution in [2.75, 3.05) is 0 Å². The lowest BCUT2D eigenvalue weighted by Gasteiger charge is -2.37. The highest BCUT2D eigenvalue weighted by atomic mass is 19.2. The van der Waals surface area contributed by atoms with Crippen LogP contribution in [0.4, 0.5) is 8.78 Å². The SMILES string of the molecule is C[C@]12CCC(c3ccc(O)c(F)c3F)=C[C@H]1CC[C@@H]2O. The topological polar surface area (TPSA) is 40.5 Å². The van der Waals surface area contributed by atoms with E-state index in [4.69, 9.17) is 0 Å². The van der Waals surface area contributed by atoms with E-state index in [0.29, 0.717) is 6.42 Å². The molecule has 108 valence electrons. The number of phenols is 1. The van der Waals surface area contributed by atoms with Gasteiger partial charge in [-0.2, -0.15) is 4.39 Å². The Kier molecular flexibility index (Phi) is 3.09. The molecule has 0 aliphatic heterocycles. The summed E-state index contributed by atoms with van der Waals surface area (Å²) in [6.45, 7) is 2.07. The van der Waals surface area contributed by atoms with E-state index in [1.807, 2.05) is 6.08 Å². The van der Waals surface area contributed by atoms with Gasteiger partial charge in [-0.15, -0.1) is 0 Å². The van der Waals surface area contributed by atoms with Crippen LogP contribution in [0.15, 0.2) is 18.2 Å². The Morgan fingerprint density at radius 1 is 1.20 bits per heavy atom. The first-order valence-corrected chi connectivity index (χ1v) is 6.99. The molecule has 2 N–H and O–H groups in total. The number of halogens is 2. The van der Waals surface area contributed by atoms with E-state index >= 15 is 0 Å². The summed E-state index contributed by atoms with van der Waals surface area (Å²) >= 11 is 0. The summed E-state index contributed by atoms with van der Waals surface area (Å²) in [4.78, 5) is 0. The third kappa shape index (κ3) is 1.85. The molecule has 1 saturated carbocycles. The van der Waals surface area contributed by atoms with Gasteiger partial charge in [0.1, 0.15) is 0 Å².